The Labute approximate surface area is 144 Å². The number of hydrogen-bond donors (Lipinski definition) is 1. The van der Waals surface area contributed by atoms with Crippen LogP contribution in [0.1, 0.15) is 17.7 Å². The molecule has 0 aliphatic heterocycles. The second-order valence-electron chi connectivity index (χ2n) is 5.23. The third-order valence-electron chi connectivity index (χ3n) is 3.54. The number of aryl methyl sites for hydroxylation is 1. The lowest BCUT2D eigenvalue weighted by atomic mass is 10.1. The van der Waals surface area contributed by atoms with E-state index in [1.807, 2.05) is 48.0 Å². The van der Waals surface area contributed by atoms with Gasteiger partial charge in [0.15, 0.2) is 0 Å². The van der Waals surface area contributed by atoms with Crippen LogP contribution in [0.3, 0.4) is 0 Å². The maximum atomic E-state index is 12.0. The summed E-state index contributed by atoms with van der Waals surface area (Å²) in [4.78, 5) is 12.0. The van der Waals surface area contributed by atoms with Crippen molar-refractivity contribution in [3.05, 3.63) is 59.2 Å². The monoisotopic (exact) mass is 342 g/mol. The van der Waals surface area contributed by atoms with Crippen molar-refractivity contribution >= 4 is 17.2 Å². The van der Waals surface area contributed by atoms with Gasteiger partial charge in [-0.25, -0.2) is 4.68 Å². The van der Waals surface area contributed by atoms with Crippen molar-refractivity contribution in [3.8, 4) is 10.8 Å². The Morgan fingerprint density at radius 2 is 2.12 bits per heavy atom. The summed E-state index contributed by atoms with van der Waals surface area (Å²) in [5.74, 6) is 0.813. The fraction of sp³-hybridized carbons (Fsp3) is 0.235. The molecule has 0 saturated heterocycles. The molecule has 1 amide bonds. The van der Waals surface area contributed by atoms with Gasteiger partial charge in [-0.05, 0) is 41.6 Å². The summed E-state index contributed by atoms with van der Waals surface area (Å²) in [6, 6.07) is 11.7. The molecule has 0 saturated carbocycles. The molecule has 1 N–H and O–H groups in total. The van der Waals surface area contributed by atoms with Crippen LogP contribution in [0.5, 0.6) is 5.75 Å². The number of nitrogens with one attached hydrogen (secondary N) is 1. The molecule has 3 rings (SSSR count). The van der Waals surface area contributed by atoms with Crippen LogP contribution >= 0.6 is 11.3 Å². The largest absolute Gasteiger partial charge is 0.497 e. The fourth-order valence-electron chi connectivity index (χ4n) is 2.21. The molecule has 0 spiro atoms. The zero-order chi connectivity index (χ0) is 16.8. The SMILES string of the molecule is COc1ccc(CCC(=O)NCc2cn(-c3cccs3)nn2)cc1. The summed E-state index contributed by atoms with van der Waals surface area (Å²) < 4.78 is 6.83. The molecule has 24 heavy (non-hydrogen) atoms. The van der Waals surface area contributed by atoms with Crippen LogP contribution < -0.4 is 10.1 Å². The molecule has 0 fully saturated rings. The van der Waals surface area contributed by atoms with E-state index in [1.165, 1.54) is 0 Å². The van der Waals surface area contributed by atoms with E-state index in [0.717, 1.165) is 22.0 Å². The molecular weight excluding hydrogens is 324 g/mol. The van der Waals surface area contributed by atoms with Crippen molar-refractivity contribution in [2.45, 2.75) is 19.4 Å². The lowest BCUT2D eigenvalue weighted by molar-refractivity contribution is -0.121. The van der Waals surface area contributed by atoms with E-state index in [2.05, 4.69) is 15.6 Å². The lowest BCUT2D eigenvalue weighted by Gasteiger charge is -2.04. The summed E-state index contributed by atoms with van der Waals surface area (Å²) in [6.07, 6.45) is 2.96. The number of ether oxygens (including phenoxy) is 1. The number of nitrogens with zero attached hydrogens (tertiary/aromatic N) is 3. The number of carbonyl (C=O) groups is 1. The molecule has 0 aliphatic rings. The van der Waals surface area contributed by atoms with Crippen LogP contribution in [0, 0.1) is 0 Å². The minimum absolute atomic E-state index is 0.00325. The molecule has 0 aliphatic carbocycles. The third kappa shape index (κ3) is 4.20. The first-order valence-electron chi connectivity index (χ1n) is 7.59. The van der Waals surface area contributed by atoms with E-state index in [0.29, 0.717) is 19.4 Å². The number of rotatable bonds is 7. The van der Waals surface area contributed by atoms with Gasteiger partial charge in [0.05, 0.1) is 19.9 Å². The Hall–Kier alpha value is -2.67. The van der Waals surface area contributed by atoms with Gasteiger partial charge in [0.25, 0.3) is 0 Å². The van der Waals surface area contributed by atoms with Crippen molar-refractivity contribution in [3.63, 3.8) is 0 Å². The van der Waals surface area contributed by atoms with Gasteiger partial charge in [-0.2, -0.15) is 0 Å². The second-order valence-corrected chi connectivity index (χ2v) is 6.16. The average Bonchev–Trinajstić information content (AvgIpc) is 3.29. The minimum atomic E-state index is -0.00325. The van der Waals surface area contributed by atoms with Crippen molar-refractivity contribution in [2.75, 3.05) is 7.11 Å². The van der Waals surface area contributed by atoms with Crippen molar-refractivity contribution < 1.29 is 9.53 Å². The molecule has 3 aromatic rings. The van der Waals surface area contributed by atoms with Crippen LogP contribution in [0.2, 0.25) is 0 Å². The molecule has 6 nitrogen and oxygen atoms in total. The number of carbonyl (C=O) groups excluding carboxylic acids is 1. The van der Waals surface area contributed by atoms with Crippen LogP contribution in [0.15, 0.2) is 48.0 Å². The topological polar surface area (TPSA) is 69.0 Å². The van der Waals surface area contributed by atoms with E-state index in [-0.39, 0.29) is 5.91 Å². The van der Waals surface area contributed by atoms with Gasteiger partial charge in [0.2, 0.25) is 5.91 Å². The van der Waals surface area contributed by atoms with Crippen LogP contribution in [-0.4, -0.2) is 28.0 Å². The molecule has 7 heteroatoms. The maximum absolute atomic E-state index is 12.0. The summed E-state index contributed by atoms with van der Waals surface area (Å²) in [5, 5.41) is 14.0. The summed E-state index contributed by atoms with van der Waals surface area (Å²) in [7, 11) is 1.64. The molecule has 2 heterocycles. The smallest absolute Gasteiger partial charge is 0.220 e. The van der Waals surface area contributed by atoms with Gasteiger partial charge in [0, 0.05) is 6.42 Å². The molecule has 0 unspecified atom stereocenters. The summed E-state index contributed by atoms with van der Waals surface area (Å²) in [5.41, 5.74) is 1.84. The molecule has 2 aromatic heterocycles. The predicted octanol–water partition coefficient (Wildman–Crippen LogP) is 2.59. The quantitative estimate of drug-likeness (QED) is 0.716. The Morgan fingerprint density at radius 1 is 1.29 bits per heavy atom. The van der Waals surface area contributed by atoms with Gasteiger partial charge >= 0.3 is 0 Å². The number of methoxy groups -OCH3 is 1. The Balaban J connectivity index is 1.45. The minimum Gasteiger partial charge on any atom is -0.497 e. The first kappa shape index (κ1) is 16.2. The number of hydrogen-bond acceptors (Lipinski definition) is 5. The lowest BCUT2D eigenvalue weighted by Crippen LogP contribution is -2.23. The van der Waals surface area contributed by atoms with Gasteiger partial charge in [-0.15, -0.1) is 16.4 Å². The van der Waals surface area contributed by atoms with E-state index in [9.17, 15) is 4.79 Å². The van der Waals surface area contributed by atoms with Gasteiger partial charge in [-0.3, -0.25) is 4.79 Å². The molecule has 124 valence electrons. The van der Waals surface area contributed by atoms with Crippen LogP contribution in [0.25, 0.3) is 5.00 Å². The first-order chi connectivity index (χ1) is 11.7. The second kappa shape index (κ2) is 7.74. The van der Waals surface area contributed by atoms with Crippen molar-refractivity contribution in [2.24, 2.45) is 0 Å². The maximum Gasteiger partial charge on any atom is 0.220 e. The van der Waals surface area contributed by atoms with Crippen molar-refractivity contribution in [1.29, 1.82) is 0 Å². The van der Waals surface area contributed by atoms with Gasteiger partial charge < -0.3 is 10.1 Å². The first-order valence-corrected chi connectivity index (χ1v) is 8.47. The number of amides is 1. The van der Waals surface area contributed by atoms with Crippen molar-refractivity contribution in [1.82, 2.24) is 20.3 Å². The normalized spacial score (nSPS) is 10.5. The molecule has 0 atom stereocenters. The summed E-state index contributed by atoms with van der Waals surface area (Å²) >= 11 is 1.59. The molecule has 1 aromatic carbocycles. The highest BCUT2D eigenvalue weighted by Gasteiger charge is 2.06. The van der Waals surface area contributed by atoms with Gasteiger partial charge in [-0.1, -0.05) is 17.3 Å². The molecule has 0 radical (unpaired) electrons. The van der Waals surface area contributed by atoms with E-state index in [4.69, 9.17) is 4.74 Å². The molecular formula is C17H18N4O2S. The Bertz CT molecular complexity index is 781. The Kier molecular flexibility index (Phi) is 5.22. The number of benzene rings is 1. The van der Waals surface area contributed by atoms with Gasteiger partial charge in [0.1, 0.15) is 16.4 Å². The Morgan fingerprint density at radius 3 is 2.83 bits per heavy atom. The average molecular weight is 342 g/mol. The highest BCUT2D eigenvalue weighted by molar-refractivity contribution is 7.12. The number of thiophene rings is 1. The third-order valence-corrected chi connectivity index (χ3v) is 4.40. The highest BCUT2D eigenvalue weighted by atomic mass is 32.1. The zero-order valence-corrected chi connectivity index (χ0v) is 14.1. The summed E-state index contributed by atoms with van der Waals surface area (Å²) in [6.45, 7) is 0.382. The van der Waals surface area contributed by atoms with Crippen LogP contribution in [-0.2, 0) is 17.8 Å². The predicted molar refractivity (Wildman–Crippen MR) is 92.4 cm³/mol. The van der Waals surface area contributed by atoms with E-state index >= 15 is 0 Å². The highest BCUT2D eigenvalue weighted by Crippen LogP contribution is 2.14. The zero-order valence-electron chi connectivity index (χ0n) is 13.3. The standard InChI is InChI=1S/C17H18N4O2S/c1-23-15-7-4-13(5-8-15)6-9-16(22)18-11-14-12-21(20-19-14)17-3-2-10-24-17/h2-5,7-8,10,12H,6,9,11H2,1H3,(H,18,22). The van der Waals surface area contributed by atoms with E-state index < -0.39 is 0 Å². The molecule has 0 bridgehead atoms. The van der Waals surface area contributed by atoms with E-state index in [1.54, 1.807) is 23.1 Å². The number of aromatic nitrogens is 3. The fourth-order valence-corrected chi connectivity index (χ4v) is 2.87. The van der Waals surface area contributed by atoms with Crippen LogP contribution in [0.4, 0.5) is 0 Å².